The van der Waals surface area contributed by atoms with Gasteiger partial charge in [0.1, 0.15) is 0 Å². The standard InChI is InChI=1S/C2H6O2.Ba/c3-1-2-4;/h3-4H,1-2H2;. The van der Waals surface area contributed by atoms with Gasteiger partial charge in [0.25, 0.3) is 0 Å². The van der Waals surface area contributed by atoms with E-state index in [0.717, 1.165) is 0 Å². The molecular formula is C2H6BaO2. The molecule has 0 aromatic heterocycles. The molecule has 0 bridgehead atoms. The minimum Gasteiger partial charge on any atom is -0.394 e. The van der Waals surface area contributed by atoms with E-state index in [1.807, 2.05) is 0 Å². The molecule has 0 atom stereocenters. The summed E-state index contributed by atoms with van der Waals surface area (Å²) in [6.45, 7) is -0.250. The quantitative estimate of drug-likeness (QED) is 0.510. The van der Waals surface area contributed by atoms with Gasteiger partial charge in [0.15, 0.2) is 0 Å². The van der Waals surface area contributed by atoms with Gasteiger partial charge in [0.05, 0.1) is 13.2 Å². The Balaban J connectivity index is 0. The first-order chi connectivity index (χ1) is 1.91. The first-order valence-corrected chi connectivity index (χ1v) is 1.13. The van der Waals surface area contributed by atoms with Crippen LogP contribution in [0.15, 0.2) is 0 Å². The van der Waals surface area contributed by atoms with Crippen molar-refractivity contribution in [1.82, 2.24) is 0 Å². The van der Waals surface area contributed by atoms with Crippen LogP contribution in [0.4, 0.5) is 0 Å². The van der Waals surface area contributed by atoms with E-state index < -0.39 is 0 Å². The summed E-state index contributed by atoms with van der Waals surface area (Å²) in [5.41, 5.74) is 0. The Morgan fingerprint density at radius 3 is 1.20 bits per heavy atom. The van der Waals surface area contributed by atoms with E-state index in [2.05, 4.69) is 0 Å². The third-order valence-corrected chi connectivity index (χ3v) is 0.1000. The van der Waals surface area contributed by atoms with E-state index in [4.69, 9.17) is 10.2 Å². The molecule has 0 spiro atoms. The maximum Gasteiger partial charge on any atom is 0.0662 e. The van der Waals surface area contributed by atoms with Crippen molar-refractivity contribution in [1.29, 1.82) is 0 Å². The van der Waals surface area contributed by atoms with Gasteiger partial charge in [-0.15, -0.1) is 0 Å². The zero-order valence-electron chi connectivity index (χ0n) is 3.02. The number of rotatable bonds is 1. The molecule has 5 heavy (non-hydrogen) atoms. The SMILES string of the molecule is OCCO.[Ba]. The first kappa shape index (κ1) is 9.70. The van der Waals surface area contributed by atoms with Gasteiger partial charge in [-0.1, -0.05) is 0 Å². The maximum atomic E-state index is 7.62. The van der Waals surface area contributed by atoms with Crippen molar-refractivity contribution in [2.45, 2.75) is 0 Å². The van der Waals surface area contributed by atoms with Gasteiger partial charge < -0.3 is 10.2 Å². The summed E-state index contributed by atoms with van der Waals surface area (Å²) in [6.07, 6.45) is 0. The van der Waals surface area contributed by atoms with Crippen molar-refractivity contribution in [3.05, 3.63) is 0 Å². The van der Waals surface area contributed by atoms with Gasteiger partial charge in [0, 0.05) is 48.9 Å². The van der Waals surface area contributed by atoms with Crippen molar-refractivity contribution in [3.8, 4) is 0 Å². The summed E-state index contributed by atoms with van der Waals surface area (Å²) >= 11 is 0. The first-order valence-electron chi connectivity index (χ1n) is 1.13. The number of hydrogen-bond acceptors (Lipinski definition) is 2. The van der Waals surface area contributed by atoms with Crippen molar-refractivity contribution < 1.29 is 10.2 Å². The molecule has 0 rings (SSSR count). The van der Waals surface area contributed by atoms with Crippen LogP contribution in [-0.4, -0.2) is 72.3 Å². The summed E-state index contributed by atoms with van der Waals surface area (Å²) < 4.78 is 0. The molecule has 0 heterocycles. The van der Waals surface area contributed by atoms with E-state index in [0.29, 0.717) is 0 Å². The van der Waals surface area contributed by atoms with Crippen LogP contribution in [-0.2, 0) is 0 Å². The molecule has 0 aliphatic rings. The molecule has 2 radical (unpaired) electrons. The van der Waals surface area contributed by atoms with E-state index in [9.17, 15) is 0 Å². The normalized spacial score (nSPS) is 6.00. The molecule has 0 aliphatic carbocycles. The van der Waals surface area contributed by atoms with Crippen molar-refractivity contribution >= 4 is 48.9 Å². The van der Waals surface area contributed by atoms with Crippen molar-refractivity contribution in [2.75, 3.05) is 13.2 Å². The monoisotopic (exact) mass is 200 g/mol. The maximum absolute atomic E-state index is 7.62. The average Bonchev–Trinajstić information content (AvgIpc) is 1.37. The van der Waals surface area contributed by atoms with Crippen LogP contribution in [0.2, 0.25) is 0 Å². The van der Waals surface area contributed by atoms with Crippen LogP contribution in [0, 0.1) is 0 Å². The summed E-state index contributed by atoms with van der Waals surface area (Å²) in [7, 11) is 0. The second kappa shape index (κ2) is 9.09. The zero-order chi connectivity index (χ0) is 3.41. The Morgan fingerprint density at radius 2 is 1.20 bits per heavy atom. The minimum absolute atomic E-state index is 0. The Hall–Kier alpha value is 1.49. The van der Waals surface area contributed by atoms with Gasteiger partial charge in [0.2, 0.25) is 0 Å². The predicted molar refractivity (Wildman–Crippen MR) is 19.9 cm³/mol. The van der Waals surface area contributed by atoms with Crippen LogP contribution in [0.3, 0.4) is 0 Å². The van der Waals surface area contributed by atoms with E-state index in [1.165, 1.54) is 0 Å². The molecule has 0 aromatic rings. The van der Waals surface area contributed by atoms with Crippen LogP contribution >= 0.6 is 0 Å². The molecule has 0 fully saturated rings. The van der Waals surface area contributed by atoms with E-state index >= 15 is 0 Å². The van der Waals surface area contributed by atoms with Gasteiger partial charge in [-0.25, -0.2) is 0 Å². The topological polar surface area (TPSA) is 40.5 Å². The van der Waals surface area contributed by atoms with Gasteiger partial charge >= 0.3 is 0 Å². The predicted octanol–water partition coefficient (Wildman–Crippen LogP) is -1.41. The molecule has 0 aliphatic heterocycles. The number of aliphatic hydroxyl groups is 2. The summed E-state index contributed by atoms with van der Waals surface area (Å²) in [5, 5.41) is 15.2. The second-order valence-corrected chi connectivity index (χ2v) is 0.447. The Labute approximate surface area is 71.3 Å². The number of hydrogen-bond donors (Lipinski definition) is 2. The molecule has 0 unspecified atom stereocenters. The molecule has 28 valence electrons. The molecular weight excluding hydrogens is 193 g/mol. The van der Waals surface area contributed by atoms with Crippen LogP contribution in [0.1, 0.15) is 0 Å². The summed E-state index contributed by atoms with van der Waals surface area (Å²) in [4.78, 5) is 0. The third kappa shape index (κ3) is 10.8. The van der Waals surface area contributed by atoms with Crippen LogP contribution < -0.4 is 0 Å². The Morgan fingerprint density at radius 1 is 1.00 bits per heavy atom. The van der Waals surface area contributed by atoms with Crippen LogP contribution in [0.25, 0.3) is 0 Å². The van der Waals surface area contributed by atoms with Crippen molar-refractivity contribution in [3.63, 3.8) is 0 Å². The minimum atomic E-state index is -0.125. The second-order valence-electron chi connectivity index (χ2n) is 0.447. The molecule has 2 nitrogen and oxygen atoms in total. The fraction of sp³-hybridized carbons (Fsp3) is 1.00. The smallest absolute Gasteiger partial charge is 0.0662 e. The largest absolute Gasteiger partial charge is 0.394 e. The Bertz CT molecular complexity index is 9.61. The van der Waals surface area contributed by atoms with E-state index in [1.54, 1.807) is 0 Å². The fourth-order valence-corrected chi connectivity index (χ4v) is 0. The molecule has 0 aromatic carbocycles. The molecule has 0 amide bonds. The summed E-state index contributed by atoms with van der Waals surface area (Å²) in [6, 6.07) is 0. The van der Waals surface area contributed by atoms with E-state index in [-0.39, 0.29) is 62.1 Å². The van der Waals surface area contributed by atoms with Gasteiger partial charge in [-0.2, -0.15) is 0 Å². The number of aliphatic hydroxyl groups excluding tert-OH is 2. The van der Waals surface area contributed by atoms with Crippen molar-refractivity contribution in [2.24, 2.45) is 0 Å². The van der Waals surface area contributed by atoms with Crippen LogP contribution in [0.5, 0.6) is 0 Å². The molecule has 2 N–H and O–H groups in total. The Kier molecular flexibility index (Phi) is 17.6. The average molecular weight is 199 g/mol. The summed E-state index contributed by atoms with van der Waals surface area (Å²) in [5.74, 6) is 0. The fourth-order valence-electron chi connectivity index (χ4n) is 0. The molecule has 0 saturated carbocycles. The van der Waals surface area contributed by atoms with Gasteiger partial charge in [-0.3, -0.25) is 0 Å². The zero-order valence-corrected chi connectivity index (χ0v) is 7.46. The molecule has 0 saturated heterocycles. The molecule has 3 heteroatoms. The van der Waals surface area contributed by atoms with Gasteiger partial charge in [-0.05, 0) is 0 Å². The third-order valence-electron chi connectivity index (χ3n) is 0.1000.